The van der Waals surface area contributed by atoms with E-state index in [-0.39, 0.29) is 17.8 Å². The van der Waals surface area contributed by atoms with Crippen LogP contribution < -0.4 is 11.1 Å². The summed E-state index contributed by atoms with van der Waals surface area (Å²) in [6.45, 7) is 2.55. The fourth-order valence-electron chi connectivity index (χ4n) is 2.17. The Hall–Kier alpha value is -1.15. The molecule has 0 aromatic rings. The number of amidine groups is 1. The van der Waals surface area contributed by atoms with Gasteiger partial charge in [-0.1, -0.05) is 5.16 Å². The maximum absolute atomic E-state index is 12.4. The quantitative estimate of drug-likeness (QED) is 0.271. The fraction of sp³-hybridized carbons (Fsp3) is 0.818. The van der Waals surface area contributed by atoms with E-state index in [4.69, 9.17) is 15.7 Å². The Balaban J connectivity index is 2.81. The van der Waals surface area contributed by atoms with E-state index < -0.39 is 16.2 Å². The number of carbonyl (C=O) groups excluding carboxylic acids is 1. The van der Waals surface area contributed by atoms with E-state index in [9.17, 15) is 9.00 Å². The Morgan fingerprint density at radius 3 is 2.63 bits per heavy atom. The van der Waals surface area contributed by atoms with E-state index in [1.165, 1.54) is 0 Å². The van der Waals surface area contributed by atoms with Crippen LogP contribution in [0.5, 0.6) is 0 Å². The summed E-state index contributed by atoms with van der Waals surface area (Å²) in [7, 11) is -0.993. The SMILES string of the molecule is CC(CS(C)=O)NC(=O)C1(C(N)=NO)CCOCC1. The lowest BCUT2D eigenvalue weighted by molar-refractivity contribution is -0.132. The van der Waals surface area contributed by atoms with Gasteiger partial charge < -0.3 is 21.0 Å². The Bertz CT molecular complexity index is 380. The number of carbonyl (C=O) groups is 1. The van der Waals surface area contributed by atoms with Gasteiger partial charge >= 0.3 is 0 Å². The summed E-state index contributed by atoms with van der Waals surface area (Å²) in [5.74, 6) is -0.0312. The molecule has 0 radical (unpaired) electrons. The molecule has 19 heavy (non-hydrogen) atoms. The predicted molar refractivity (Wildman–Crippen MR) is 72.4 cm³/mol. The Morgan fingerprint density at radius 1 is 1.58 bits per heavy atom. The lowest BCUT2D eigenvalue weighted by atomic mass is 9.78. The fourth-order valence-corrected chi connectivity index (χ4v) is 2.96. The van der Waals surface area contributed by atoms with Crippen LogP contribution in [-0.2, 0) is 20.3 Å². The molecule has 0 bridgehead atoms. The number of nitrogens with zero attached hydrogens (tertiary/aromatic N) is 1. The van der Waals surface area contributed by atoms with Crippen molar-refractivity contribution in [1.29, 1.82) is 0 Å². The van der Waals surface area contributed by atoms with Crippen molar-refractivity contribution in [1.82, 2.24) is 5.32 Å². The Labute approximate surface area is 115 Å². The minimum atomic E-state index is -1.03. The van der Waals surface area contributed by atoms with Crippen molar-refractivity contribution >= 4 is 22.5 Å². The minimum absolute atomic E-state index is 0.0990. The average molecular weight is 291 g/mol. The molecule has 1 fully saturated rings. The summed E-state index contributed by atoms with van der Waals surface area (Å²) in [5, 5.41) is 14.6. The molecule has 0 spiro atoms. The lowest BCUT2D eigenvalue weighted by Crippen LogP contribution is -2.55. The van der Waals surface area contributed by atoms with E-state index in [2.05, 4.69) is 10.5 Å². The summed E-state index contributed by atoms with van der Waals surface area (Å²) in [5.41, 5.74) is 4.65. The summed E-state index contributed by atoms with van der Waals surface area (Å²) < 4.78 is 16.4. The van der Waals surface area contributed by atoms with Crippen LogP contribution >= 0.6 is 0 Å². The third kappa shape index (κ3) is 3.90. The highest BCUT2D eigenvalue weighted by atomic mass is 32.2. The van der Waals surface area contributed by atoms with Crippen molar-refractivity contribution in [3.05, 3.63) is 0 Å². The van der Waals surface area contributed by atoms with Gasteiger partial charge in [0.1, 0.15) is 5.41 Å². The minimum Gasteiger partial charge on any atom is -0.409 e. The highest BCUT2D eigenvalue weighted by Gasteiger charge is 2.44. The second kappa shape index (κ2) is 6.85. The zero-order chi connectivity index (χ0) is 14.5. The number of rotatable bonds is 5. The first kappa shape index (κ1) is 15.9. The van der Waals surface area contributed by atoms with Gasteiger partial charge in [-0.3, -0.25) is 9.00 Å². The van der Waals surface area contributed by atoms with Gasteiger partial charge in [0.25, 0.3) is 0 Å². The molecule has 1 rings (SSSR count). The molecule has 7 nitrogen and oxygen atoms in total. The highest BCUT2D eigenvalue weighted by Crippen LogP contribution is 2.31. The standard InChI is InChI=1S/C11H21N3O4S/c1-8(7-19(2)17)13-10(15)11(9(12)14-16)3-5-18-6-4-11/h8,16H,3-7H2,1-2H3,(H2,12,14)(H,13,15). The van der Waals surface area contributed by atoms with E-state index in [1.807, 2.05) is 0 Å². The molecule has 110 valence electrons. The average Bonchev–Trinajstić information content (AvgIpc) is 2.37. The van der Waals surface area contributed by atoms with Gasteiger partial charge in [0.2, 0.25) is 5.91 Å². The van der Waals surface area contributed by atoms with Crippen molar-refractivity contribution in [3.63, 3.8) is 0 Å². The number of hydrogen-bond acceptors (Lipinski definition) is 5. The zero-order valence-electron chi connectivity index (χ0n) is 11.2. The van der Waals surface area contributed by atoms with E-state index >= 15 is 0 Å². The number of amides is 1. The van der Waals surface area contributed by atoms with Crippen LogP contribution in [0.3, 0.4) is 0 Å². The maximum Gasteiger partial charge on any atom is 0.234 e. The summed E-state index contributed by atoms with van der Waals surface area (Å²) in [4.78, 5) is 12.4. The lowest BCUT2D eigenvalue weighted by Gasteiger charge is -2.35. The molecule has 1 saturated heterocycles. The van der Waals surface area contributed by atoms with Gasteiger partial charge in [0, 0.05) is 42.1 Å². The van der Waals surface area contributed by atoms with Crippen molar-refractivity contribution < 1.29 is 18.9 Å². The second-order valence-electron chi connectivity index (χ2n) is 4.79. The third-order valence-corrected chi connectivity index (χ3v) is 4.21. The normalized spacial score (nSPS) is 22.5. The summed E-state index contributed by atoms with van der Waals surface area (Å²) in [6, 6.07) is -0.232. The smallest absolute Gasteiger partial charge is 0.234 e. The number of ether oxygens (including phenoxy) is 1. The van der Waals surface area contributed by atoms with Crippen LogP contribution in [0.1, 0.15) is 19.8 Å². The topological polar surface area (TPSA) is 114 Å². The Kier molecular flexibility index (Phi) is 5.74. The molecular weight excluding hydrogens is 270 g/mol. The second-order valence-corrected chi connectivity index (χ2v) is 6.27. The van der Waals surface area contributed by atoms with Gasteiger partial charge in [-0.2, -0.15) is 0 Å². The van der Waals surface area contributed by atoms with Crippen LogP contribution in [-0.4, -0.2) is 52.4 Å². The number of nitrogens with two attached hydrogens (primary N) is 1. The van der Waals surface area contributed by atoms with Gasteiger partial charge in [-0.05, 0) is 19.8 Å². The van der Waals surface area contributed by atoms with E-state index in [0.717, 1.165) is 0 Å². The molecule has 0 aliphatic carbocycles. The van der Waals surface area contributed by atoms with Crippen molar-refractivity contribution in [2.75, 3.05) is 25.2 Å². The maximum atomic E-state index is 12.4. The molecule has 0 aromatic carbocycles. The number of nitrogens with one attached hydrogen (secondary N) is 1. The molecule has 2 atom stereocenters. The van der Waals surface area contributed by atoms with Gasteiger partial charge in [0.15, 0.2) is 5.84 Å². The van der Waals surface area contributed by atoms with E-state index in [1.54, 1.807) is 13.2 Å². The summed E-state index contributed by atoms with van der Waals surface area (Å²) in [6.07, 6.45) is 2.32. The van der Waals surface area contributed by atoms with Gasteiger partial charge in [-0.25, -0.2) is 0 Å². The van der Waals surface area contributed by atoms with Crippen LogP contribution in [0.15, 0.2) is 5.16 Å². The molecule has 2 unspecified atom stereocenters. The molecule has 1 aliphatic rings. The van der Waals surface area contributed by atoms with Crippen LogP contribution in [0.25, 0.3) is 0 Å². The molecule has 1 aliphatic heterocycles. The Morgan fingerprint density at radius 2 is 2.16 bits per heavy atom. The van der Waals surface area contributed by atoms with Crippen molar-refractivity contribution in [2.24, 2.45) is 16.3 Å². The molecule has 1 amide bonds. The van der Waals surface area contributed by atoms with E-state index in [0.29, 0.717) is 31.8 Å². The number of hydrogen-bond donors (Lipinski definition) is 3. The van der Waals surface area contributed by atoms with Crippen molar-refractivity contribution in [2.45, 2.75) is 25.8 Å². The van der Waals surface area contributed by atoms with Gasteiger partial charge in [-0.15, -0.1) is 0 Å². The first-order valence-electron chi connectivity index (χ1n) is 6.09. The van der Waals surface area contributed by atoms with Gasteiger partial charge in [0.05, 0.1) is 0 Å². The summed E-state index contributed by atoms with van der Waals surface area (Å²) >= 11 is 0. The molecule has 4 N–H and O–H groups in total. The predicted octanol–water partition coefficient (Wildman–Crippen LogP) is -0.587. The molecule has 0 aromatic heterocycles. The molecular formula is C11H21N3O4S. The third-order valence-electron chi connectivity index (χ3n) is 3.24. The van der Waals surface area contributed by atoms with Crippen molar-refractivity contribution in [3.8, 4) is 0 Å². The zero-order valence-corrected chi connectivity index (χ0v) is 12.0. The monoisotopic (exact) mass is 291 g/mol. The molecule has 8 heteroatoms. The number of oxime groups is 1. The highest BCUT2D eigenvalue weighted by molar-refractivity contribution is 7.84. The van der Waals surface area contributed by atoms with Crippen LogP contribution in [0.2, 0.25) is 0 Å². The first-order chi connectivity index (χ1) is 8.92. The van der Waals surface area contributed by atoms with Crippen LogP contribution in [0.4, 0.5) is 0 Å². The largest absolute Gasteiger partial charge is 0.409 e. The van der Waals surface area contributed by atoms with Crippen LogP contribution in [0, 0.1) is 5.41 Å². The first-order valence-corrected chi connectivity index (χ1v) is 7.82. The molecule has 0 saturated carbocycles. The molecule has 1 heterocycles.